The van der Waals surface area contributed by atoms with Gasteiger partial charge in [-0.15, -0.1) is 0 Å². The molecule has 2 aromatic carbocycles. The third-order valence-corrected chi connectivity index (χ3v) is 5.40. The van der Waals surface area contributed by atoms with Crippen molar-refractivity contribution in [3.8, 4) is 22.5 Å². The molecule has 134 valence electrons. The molecule has 0 atom stereocenters. The van der Waals surface area contributed by atoms with E-state index in [2.05, 4.69) is 9.97 Å². The lowest BCUT2D eigenvalue weighted by Crippen LogP contribution is -1.99. The lowest BCUT2D eigenvalue weighted by atomic mass is 10.0. The number of aromatic amines is 1. The Morgan fingerprint density at radius 1 is 0.852 bits per heavy atom. The molecule has 0 radical (unpaired) electrons. The molecular formula is C20H14N2O4S. The van der Waals surface area contributed by atoms with Crippen LogP contribution in [0.3, 0.4) is 0 Å². The normalized spacial score (nSPS) is 12.2. The van der Waals surface area contributed by atoms with Gasteiger partial charge in [-0.2, -0.15) is 0 Å². The van der Waals surface area contributed by atoms with Crippen molar-refractivity contribution in [2.75, 3.05) is 6.26 Å². The third kappa shape index (κ3) is 2.63. The van der Waals surface area contributed by atoms with Crippen molar-refractivity contribution in [2.45, 2.75) is 5.16 Å². The molecule has 0 aliphatic rings. The van der Waals surface area contributed by atoms with E-state index in [0.717, 1.165) is 39.3 Å². The first-order chi connectivity index (χ1) is 13.0. The van der Waals surface area contributed by atoms with E-state index in [9.17, 15) is 8.42 Å². The maximum atomic E-state index is 12.1. The predicted octanol–water partition coefficient (Wildman–Crippen LogP) is 4.64. The Morgan fingerprint density at radius 3 is 2.07 bits per heavy atom. The van der Waals surface area contributed by atoms with Crippen LogP contribution >= 0.6 is 0 Å². The minimum atomic E-state index is -3.49. The molecule has 0 aliphatic heterocycles. The second kappa shape index (κ2) is 5.59. The molecule has 0 bridgehead atoms. The quantitative estimate of drug-likeness (QED) is 0.494. The van der Waals surface area contributed by atoms with E-state index in [4.69, 9.17) is 8.83 Å². The average Bonchev–Trinajstić information content (AvgIpc) is 3.37. The summed E-state index contributed by atoms with van der Waals surface area (Å²) >= 11 is 0. The highest BCUT2D eigenvalue weighted by molar-refractivity contribution is 7.90. The summed E-state index contributed by atoms with van der Waals surface area (Å²) < 4.78 is 34.9. The van der Waals surface area contributed by atoms with E-state index in [-0.39, 0.29) is 5.16 Å². The summed E-state index contributed by atoms with van der Waals surface area (Å²) in [4.78, 5) is 7.37. The zero-order valence-electron chi connectivity index (χ0n) is 14.3. The Bertz CT molecular complexity index is 1310. The molecule has 7 heteroatoms. The molecule has 6 nitrogen and oxygen atoms in total. The maximum absolute atomic E-state index is 12.1. The Balaban J connectivity index is 1.77. The monoisotopic (exact) mass is 378 g/mol. The number of fused-ring (bicyclic) bond motifs is 2. The van der Waals surface area contributed by atoms with Crippen LogP contribution in [0.15, 0.2) is 75.0 Å². The second-order valence-electron chi connectivity index (χ2n) is 6.38. The van der Waals surface area contributed by atoms with Gasteiger partial charge in [0.25, 0.3) is 0 Å². The van der Waals surface area contributed by atoms with Gasteiger partial charge < -0.3 is 13.8 Å². The largest absolute Gasteiger partial charge is 0.464 e. The van der Waals surface area contributed by atoms with Crippen molar-refractivity contribution in [3.05, 3.63) is 61.1 Å². The van der Waals surface area contributed by atoms with Crippen LogP contribution < -0.4 is 0 Å². The molecule has 0 fully saturated rings. The Hall–Kier alpha value is -3.32. The zero-order valence-corrected chi connectivity index (χ0v) is 15.1. The van der Waals surface area contributed by atoms with Crippen molar-refractivity contribution in [2.24, 2.45) is 0 Å². The van der Waals surface area contributed by atoms with E-state index in [1.54, 1.807) is 12.5 Å². The molecule has 0 aliphatic carbocycles. The number of furan rings is 2. The predicted molar refractivity (Wildman–Crippen MR) is 102 cm³/mol. The SMILES string of the molecule is CS(=O)(=O)c1nc(-c2ccc3occc3c2)c(-c2ccc3occc3c2)[nH]1. The van der Waals surface area contributed by atoms with E-state index in [1.165, 1.54) is 0 Å². The summed E-state index contributed by atoms with van der Waals surface area (Å²) in [5.41, 5.74) is 4.37. The van der Waals surface area contributed by atoms with Gasteiger partial charge in [0.05, 0.1) is 23.9 Å². The minimum Gasteiger partial charge on any atom is -0.464 e. The van der Waals surface area contributed by atoms with Gasteiger partial charge in [-0.05, 0) is 48.5 Å². The number of aromatic nitrogens is 2. The first-order valence-electron chi connectivity index (χ1n) is 8.24. The Morgan fingerprint density at radius 2 is 1.44 bits per heavy atom. The second-order valence-corrected chi connectivity index (χ2v) is 8.32. The first-order valence-corrected chi connectivity index (χ1v) is 10.1. The van der Waals surface area contributed by atoms with Crippen molar-refractivity contribution < 1.29 is 17.3 Å². The molecule has 0 saturated carbocycles. The van der Waals surface area contributed by atoms with Crippen LogP contribution in [-0.4, -0.2) is 24.6 Å². The number of nitrogens with zero attached hydrogens (tertiary/aromatic N) is 1. The van der Waals surface area contributed by atoms with E-state index in [0.29, 0.717) is 11.4 Å². The van der Waals surface area contributed by atoms with Crippen LogP contribution in [0.5, 0.6) is 0 Å². The Labute approximate surface area is 154 Å². The zero-order chi connectivity index (χ0) is 18.6. The molecular weight excluding hydrogens is 364 g/mol. The summed E-state index contributed by atoms with van der Waals surface area (Å²) in [7, 11) is -3.49. The van der Waals surface area contributed by atoms with Crippen LogP contribution in [0.4, 0.5) is 0 Å². The summed E-state index contributed by atoms with van der Waals surface area (Å²) in [6.45, 7) is 0. The van der Waals surface area contributed by atoms with E-state index >= 15 is 0 Å². The summed E-state index contributed by atoms with van der Waals surface area (Å²) in [6.07, 6.45) is 4.38. The van der Waals surface area contributed by atoms with Gasteiger partial charge in [0, 0.05) is 28.2 Å². The molecule has 0 unspecified atom stereocenters. The molecule has 5 rings (SSSR count). The molecule has 0 saturated heterocycles. The van der Waals surface area contributed by atoms with Crippen LogP contribution in [0.25, 0.3) is 44.5 Å². The summed E-state index contributed by atoms with van der Waals surface area (Å²) in [5, 5.41) is 1.79. The highest BCUT2D eigenvalue weighted by Gasteiger charge is 2.20. The number of nitrogens with one attached hydrogen (secondary N) is 1. The van der Waals surface area contributed by atoms with E-state index in [1.807, 2.05) is 48.5 Å². The van der Waals surface area contributed by atoms with Gasteiger partial charge >= 0.3 is 0 Å². The fraction of sp³-hybridized carbons (Fsp3) is 0.0500. The van der Waals surface area contributed by atoms with Gasteiger partial charge in [0.15, 0.2) is 0 Å². The minimum absolute atomic E-state index is 0.0629. The number of benzene rings is 2. The van der Waals surface area contributed by atoms with Crippen LogP contribution in [0.2, 0.25) is 0 Å². The third-order valence-electron chi connectivity index (χ3n) is 4.50. The number of H-pyrrole nitrogens is 1. The standard InChI is InChI=1S/C20H14N2O4S/c1-27(23,24)20-21-18(14-2-4-16-12(10-14)6-8-25-16)19(22-20)15-3-5-17-13(11-15)7-9-26-17/h2-11H,1H3,(H,21,22). The van der Waals surface area contributed by atoms with E-state index < -0.39 is 9.84 Å². The molecule has 3 heterocycles. The smallest absolute Gasteiger partial charge is 0.225 e. The molecule has 1 N–H and O–H groups in total. The highest BCUT2D eigenvalue weighted by Crippen LogP contribution is 2.34. The van der Waals surface area contributed by atoms with Crippen molar-refractivity contribution in [1.82, 2.24) is 9.97 Å². The van der Waals surface area contributed by atoms with Gasteiger partial charge in [-0.25, -0.2) is 13.4 Å². The highest BCUT2D eigenvalue weighted by atomic mass is 32.2. The average molecular weight is 378 g/mol. The van der Waals surface area contributed by atoms with Crippen molar-refractivity contribution in [3.63, 3.8) is 0 Å². The number of rotatable bonds is 3. The number of hydrogen-bond acceptors (Lipinski definition) is 5. The Kier molecular flexibility index (Phi) is 3.29. The topological polar surface area (TPSA) is 89.1 Å². The van der Waals surface area contributed by atoms with Crippen LogP contribution in [0, 0.1) is 0 Å². The first kappa shape index (κ1) is 15.9. The summed E-state index contributed by atoms with van der Waals surface area (Å²) in [5.74, 6) is 0. The molecule has 3 aromatic heterocycles. The fourth-order valence-corrected chi connectivity index (χ4v) is 3.73. The molecule has 0 spiro atoms. The van der Waals surface area contributed by atoms with Gasteiger partial charge in [-0.3, -0.25) is 0 Å². The summed E-state index contributed by atoms with van der Waals surface area (Å²) in [6, 6.07) is 15.1. The van der Waals surface area contributed by atoms with Gasteiger partial charge in [0.2, 0.25) is 15.0 Å². The molecule has 0 amide bonds. The van der Waals surface area contributed by atoms with Crippen LogP contribution in [-0.2, 0) is 9.84 Å². The number of hydrogen-bond donors (Lipinski definition) is 1. The van der Waals surface area contributed by atoms with Crippen molar-refractivity contribution >= 4 is 31.8 Å². The lowest BCUT2D eigenvalue weighted by molar-refractivity contribution is 0.595. The van der Waals surface area contributed by atoms with Crippen molar-refractivity contribution in [1.29, 1.82) is 0 Å². The molecule has 27 heavy (non-hydrogen) atoms. The van der Waals surface area contributed by atoms with Gasteiger partial charge in [0.1, 0.15) is 11.2 Å². The van der Waals surface area contributed by atoms with Crippen LogP contribution in [0.1, 0.15) is 0 Å². The number of sulfone groups is 1. The fourth-order valence-electron chi connectivity index (χ4n) is 3.18. The van der Waals surface area contributed by atoms with Gasteiger partial charge in [-0.1, -0.05) is 0 Å². The number of imidazole rings is 1. The maximum Gasteiger partial charge on any atom is 0.225 e. The molecule has 5 aromatic rings. The lowest BCUT2D eigenvalue weighted by Gasteiger charge is -2.04.